The number of nitrogens with zero attached hydrogens (tertiary/aromatic N) is 1. The Hall–Kier alpha value is -3.51. The zero-order valence-electron chi connectivity index (χ0n) is 21.5. The number of amides is 2. The van der Waals surface area contributed by atoms with Crippen molar-refractivity contribution in [3.63, 3.8) is 0 Å². The molecule has 0 spiro atoms. The van der Waals surface area contributed by atoms with Crippen LogP contribution in [0.5, 0.6) is 11.5 Å². The number of hydrogen-bond acceptors (Lipinski definition) is 4. The predicted molar refractivity (Wildman–Crippen MR) is 147 cm³/mol. The molecule has 0 aliphatic carbocycles. The molecule has 0 saturated heterocycles. The molecule has 0 fully saturated rings. The summed E-state index contributed by atoms with van der Waals surface area (Å²) >= 11 is 6.45. The molecule has 0 radical (unpaired) electrons. The number of hydrogen-bond donors (Lipinski definition) is 1. The largest absolute Gasteiger partial charge is 0.497 e. The molecule has 0 aromatic heterocycles. The van der Waals surface area contributed by atoms with Crippen LogP contribution in [0.2, 0.25) is 5.02 Å². The second-order valence-corrected chi connectivity index (χ2v) is 9.14. The molecule has 6 nitrogen and oxygen atoms in total. The van der Waals surface area contributed by atoms with Crippen molar-refractivity contribution in [1.29, 1.82) is 0 Å². The number of halogens is 1. The van der Waals surface area contributed by atoms with Crippen molar-refractivity contribution >= 4 is 23.4 Å². The van der Waals surface area contributed by atoms with Crippen LogP contribution in [-0.2, 0) is 22.6 Å². The van der Waals surface area contributed by atoms with Gasteiger partial charge >= 0.3 is 0 Å². The first-order valence-corrected chi connectivity index (χ1v) is 13.0. The fourth-order valence-corrected chi connectivity index (χ4v) is 4.15. The van der Waals surface area contributed by atoms with Crippen LogP contribution in [0.1, 0.15) is 37.3 Å². The summed E-state index contributed by atoms with van der Waals surface area (Å²) in [4.78, 5) is 28.6. The average molecular weight is 523 g/mol. The van der Waals surface area contributed by atoms with Crippen molar-refractivity contribution in [1.82, 2.24) is 10.2 Å². The van der Waals surface area contributed by atoms with Crippen LogP contribution < -0.4 is 14.8 Å². The number of benzene rings is 3. The van der Waals surface area contributed by atoms with Crippen LogP contribution in [0, 0.1) is 0 Å². The number of methoxy groups -OCH3 is 1. The standard InChI is InChI=1S/C30H35ClN2O4/c1-3-19-32-30(35)28(21-23-10-5-4-6-11-23)33(22-24-12-7-8-13-27(24)31)29(34)14-9-20-37-26-17-15-25(36-2)16-18-26/h4-8,10-13,15-18,28H,3,9,14,19-22H2,1-2H3,(H,32,35). The van der Waals surface area contributed by atoms with Crippen LogP contribution >= 0.6 is 11.6 Å². The molecule has 3 rings (SSSR count). The Morgan fingerprint density at radius 3 is 2.30 bits per heavy atom. The molecule has 0 aliphatic heterocycles. The molecule has 37 heavy (non-hydrogen) atoms. The topological polar surface area (TPSA) is 67.9 Å². The Bertz CT molecular complexity index is 1120. The van der Waals surface area contributed by atoms with Gasteiger partial charge in [0.1, 0.15) is 17.5 Å². The van der Waals surface area contributed by atoms with Gasteiger partial charge in [0.05, 0.1) is 13.7 Å². The number of carbonyl (C=O) groups is 2. The summed E-state index contributed by atoms with van der Waals surface area (Å²) in [5.74, 6) is 1.18. The first-order valence-electron chi connectivity index (χ1n) is 12.6. The lowest BCUT2D eigenvalue weighted by Gasteiger charge is -2.32. The summed E-state index contributed by atoms with van der Waals surface area (Å²) in [5, 5.41) is 3.55. The summed E-state index contributed by atoms with van der Waals surface area (Å²) in [6, 6.07) is 23.8. The van der Waals surface area contributed by atoms with Crippen molar-refractivity contribution in [3.05, 3.63) is 95.0 Å². The second kappa shape index (κ2) is 14.9. The second-order valence-electron chi connectivity index (χ2n) is 8.74. The van der Waals surface area contributed by atoms with E-state index in [1.165, 1.54) is 0 Å². The van der Waals surface area contributed by atoms with E-state index in [2.05, 4.69) is 5.32 Å². The molecular formula is C30H35ClN2O4. The van der Waals surface area contributed by atoms with Crippen LogP contribution in [0.4, 0.5) is 0 Å². The van der Waals surface area contributed by atoms with Crippen molar-refractivity contribution < 1.29 is 19.1 Å². The van der Waals surface area contributed by atoms with Crippen LogP contribution in [-0.4, -0.2) is 43.0 Å². The zero-order valence-corrected chi connectivity index (χ0v) is 22.2. The molecule has 1 N–H and O–H groups in total. The third kappa shape index (κ3) is 8.83. The summed E-state index contributed by atoms with van der Waals surface area (Å²) in [6.45, 7) is 3.17. The molecular weight excluding hydrogens is 488 g/mol. The smallest absolute Gasteiger partial charge is 0.243 e. The maximum Gasteiger partial charge on any atom is 0.243 e. The minimum absolute atomic E-state index is 0.120. The summed E-state index contributed by atoms with van der Waals surface area (Å²) < 4.78 is 11.0. The first-order chi connectivity index (χ1) is 18.0. The Morgan fingerprint density at radius 1 is 0.946 bits per heavy atom. The normalized spacial score (nSPS) is 11.4. The Balaban J connectivity index is 1.76. The van der Waals surface area contributed by atoms with Crippen molar-refractivity contribution in [3.8, 4) is 11.5 Å². The van der Waals surface area contributed by atoms with Gasteiger partial charge in [0.25, 0.3) is 0 Å². The van der Waals surface area contributed by atoms with E-state index in [0.29, 0.717) is 36.8 Å². The third-order valence-electron chi connectivity index (χ3n) is 5.98. The van der Waals surface area contributed by atoms with Crippen LogP contribution in [0.3, 0.4) is 0 Å². The molecule has 3 aromatic carbocycles. The SMILES string of the molecule is CCCNC(=O)C(Cc1ccccc1)N(Cc1ccccc1Cl)C(=O)CCCOc1ccc(OC)cc1. The monoisotopic (exact) mass is 522 g/mol. The van der Waals surface area contributed by atoms with Gasteiger partial charge in [-0.25, -0.2) is 0 Å². The number of ether oxygens (including phenoxy) is 2. The molecule has 7 heteroatoms. The van der Waals surface area contributed by atoms with E-state index in [1.54, 1.807) is 18.1 Å². The van der Waals surface area contributed by atoms with Gasteiger partial charge in [0.2, 0.25) is 11.8 Å². The van der Waals surface area contributed by atoms with Crippen molar-refractivity contribution in [2.45, 2.75) is 45.2 Å². The lowest BCUT2D eigenvalue weighted by atomic mass is 10.0. The molecule has 196 valence electrons. The van der Waals surface area contributed by atoms with Crippen molar-refractivity contribution in [2.75, 3.05) is 20.3 Å². The van der Waals surface area contributed by atoms with Gasteiger partial charge in [-0.1, -0.05) is 67.1 Å². The fourth-order valence-electron chi connectivity index (χ4n) is 3.96. The van der Waals surface area contributed by atoms with Gasteiger partial charge in [0.15, 0.2) is 0 Å². The summed E-state index contributed by atoms with van der Waals surface area (Å²) in [5.41, 5.74) is 1.78. The van der Waals surface area contributed by atoms with E-state index in [9.17, 15) is 9.59 Å². The van der Waals surface area contributed by atoms with Crippen molar-refractivity contribution in [2.24, 2.45) is 0 Å². The average Bonchev–Trinajstić information content (AvgIpc) is 2.93. The highest BCUT2D eigenvalue weighted by atomic mass is 35.5. The summed E-state index contributed by atoms with van der Waals surface area (Å²) in [7, 11) is 1.61. The minimum Gasteiger partial charge on any atom is -0.497 e. The minimum atomic E-state index is -0.666. The van der Waals surface area contributed by atoms with Crippen LogP contribution in [0.25, 0.3) is 0 Å². The highest BCUT2D eigenvalue weighted by Crippen LogP contribution is 2.22. The number of rotatable bonds is 14. The molecule has 0 bridgehead atoms. The van der Waals surface area contributed by atoms with Gasteiger partial charge in [-0.05, 0) is 54.3 Å². The Labute approximate surface area is 224 Å². The van der Waals surface area contributed by atoms with Gasteiger partial charge in [-0.3, -0.25) is 9.59 Å². The van der Waals surface area contributed by atoms with Crippen LogP contribution in [0.15, 0.2) is 78.9 Å². The Morgan fingerprint density at radius 2 is 1.62 bits per heavy atom. The molecule has 0 aliphatic rings. The van der Waals surface area contributed by atoms with E-state index in [-0.39, 0.29) is 24.8 Å². The summed E-state index contributed by atoms with van der Waals surface area (Å²) in [6.07, 6.45) is 1.98. The lowest BCUT2D eigenvalue weighted by molar-refractivity contribution is -0.141. The third-order valence-corrected chi connectivity index (χ3v) is 6.35. The van der Waals surface area contributed by atoms with E-state index >= 15 is 0 Å². The quantitative estimate of drug-likeness (QED) is 0.277. The maximum absolute atomic E-state index is 13.6. The van der Waals surface area contributed by atoms with Gasteiger partial charge in [0, 0.05) is 31.0 Å². The van der Waals surface area contributed by atoms with Gasteiger partial charge in [-0.15, -0.1) is 0 Å². The molecule has 1 atom stereocenters. The van der Waals surface area contributed by atoms with E-state index < -0.39 is 6.04 Å². The zero-order chi connectivity index (χ0) is 26.5. The lowest BCUT2D eigenvalue weighted by Crippen LogP contribution is -2.50. The van der Waals surface area contributed by atoms with E-state index in [0.717, 1.165) is 23.3 Å². The van der Waals surface area contributed by atoms with E-state index in [4.69, 9.17) is 21.1 Å². The molecule has 0 saturated carbocycles. The fraction of sp³-hybridized carbons (Fsp3) is 0.333. The highest BCUT2D eigenvalue weighted by molar-refractivity contribution is 6.31. The first kappa shape index (κ1) is 28.1. The molecule has 1 unspecified atom stereocenters. The predicted octanol–water partition coefficient (Wildman–Crippen LogP) is 5.67. The van der Waals surface area contributed by atoms with E-state index in [1.807, 2.05) is 79.7 Å². The molecule has 3 aromatic rings. The number of nitrogens with one attached hydrogen (secondary N) is 1. The Kier molecular flexibility index (Phi) is 11.3. The molecule has 2 amide bonds. The van der Waals surface area contributed by atoms with Gasteiger partial charge in [-0.2, -0.15) is 0 Å². The highest BCUT2D eigenvalue weighted by Gasteiger charge is 2.30. The molecule has 0 heterocycles. The van der Waals surface area contributed by atoms with Gasteiger partial charge < -0.3 is 19.7 Å². The number of carbonyl (C=O) groups excluding carboxylic acids is 2. The maximum atomic E-state index is 13.6.